The first-order valence-corrected chi connectivity index (χ1v) is 11.9. The summed E-state index contributed by atoms with van der Waals surface area (Å²) in [7, 11) is 0. The van der Waals surface area contributed by atoms with Crippen LogP contribution in [0.15, 0.2) is 91.3 Å². The molecule has 10 heteroatoms. The number of carbonyl (C=O) groups excluding carboxylic acids is 1. The van der Waals surface area contributed by atoms with Crippen molar-refractivity contribution in [3.05, 3.63) is 108 Å². The van der Waals surface area contributed by atoms with Crippen LogP contribution in [-0.4, -0.2) is 20.6 Å². The largest absolute Gasteiger partial charge is 0.416 e. The molecule has 37 heavy (non-hydrogen) atoms. The summed E-state index contributed by atoms with van der Waals surface area (Å²) in [4.78, 5) is 17.9. The van der Waals surface area contributed by atoms with Crippen LogP contribution in [0, 0.1) is 0 Å². The molecule has 0 radical (unpaired) electrons. The Balaban J connectivity index is 1.62. The molecule has 2 atom stereocenters. The monoisotopic (exact) mass is 521 g/mol. The van der Waals surface area contributed by atoms with E-state index in [0.29, 0.717) is 16.5 Å². The number of hydrogen-bond acceptors (Lipinski definition) is 3. The maximum Gasteiger partial charge on any atom is 0.416 e. The summed E-state index contributed by atoms with van der Waals surface area (Å²) < 4.78 is 42.1. The first-order valence-electron chi connectivity index (χ1n) is 11.5. The van der Waals surface area contributed by atoms with Gasteiger partial charge in [-0.1, -0.05) is 12.1 Å². The number of pyridine rings is 1. The molecule has 1 aliphatic rings. The molecule has 2 N–H and O–H groups in total. The molecule has 3 heterocycles. The van der Waals surface area contributed by atoms with Gasteiger partial charge in [0.15, 0.2) is 5.11 Å². The number of carbonyl (C=O) groups is 1. The van der Waals surface area contributed by atoms with Crippen LogP contribution in [0.25, 0.3) is 5.69 Å². The van der Waals surface area contributed by atoms with Gasteiger partial charge in [-0.25, -0.2) is 0 Å². The van der Waals surface area contributed by atoms with Gasteiger partial charge in [0.2, 0.25) is 5.91 Å². The predicted octanol–water partition coefficient (Wildman–Crippen LogP) is 6.03. The van der Waals surface area contributed by atoms with Crippen LogP contribution in [0.3, 0.4) is 0 Å². The fraction of sp³-hybridized carbons (Fsp3) is 0.148. The van der Waals surface area contributed by atoms with Crippen molar-refractivity contribution in [1.29, 1.82) is 0 Å². The molecule has 188 valence electrons. The molecule has 2 aromatic carbocycles. The summed E-state index contributed by atoms with van der Waals surface area (Å²) in [5, 5.41) is 6.54. The highest BCUT2D eigenvalue weighted by Gasteiger charge is 2.42. The van der Waals surface area contributed by atoms with E-state index in [2.05, 4.69) is 15.6 Å². The minimum Gasteiger partial charge on any atom is -0.351 e. The summed E-state index contributed by atoms with van der Waals surface area (Å²) in [6, 6.07) is 20.9. The molecule has 0 spiro atoms. The van der Waals surface area contributed by atoms with Crippen LogP contribution < -0.4 is 15.5 Å². The van der Waals surface area contributed by atoms with E-state index in [1.54, 1.807) is 41.2 Å². The number of alkyl halides is 3. The van der Waals surface area contributed by atoms with Gasteiger partial charge in [-0.05, 0) is 78.9 Å². The summed E-state index contributed by atoms with van der Waals surface area (Å²) in [6.07, 6.45) is -1.04. The standard InChI is InChI=1S/C27H22F3N5OS/c1-17(36)32-19-10-12-20(13-11-19)35-25(24(33-26(35)37)22-8-2-3-14-31-22)23-9-5-15-34(23)21-7-4-6-18(16-21)27(28,29)30/h2-16,24-25H,1H3,(H,32,36)(H,33,37). The lowest BCUT2D eigenvalue weighted by Crippen LogP contribution is -2.30. The molecule has 1 fully saturated rings. The number of anilines is 2. The van der Waals surface area contributed by atoms with Crippen LogP contribution in [0.5, 0.6) is 0 Å². The Morgan fingerprint density at radius 2 is 1.78 bits per heavy atom. The van der Waals surface area contributed by atoms with Crippen molar-refractivity contribution < 1.29 is 18.0 Å². The fourth-order valence-corrected chi connectivity index (χ4v) is 4.89. The molecule has 0 bridgehead atoms. The number of benzene rings is 2. The average molecular weight is 522 g/mol. The van der Waals surface area contributed by atoms with Crippen molar-refractivity contribution in [2.45, 2.75) is 25.2 Å². The van der Waals surface area contributed by atoms with E-state index >= 15 is 0 Å². The zero-order valence-corrected chi connectivity index (χ0v) is 20.4. The average Bonchev–Trinajstić information content (AvgIpc) is 3.49. The van der Waals surface area contributed by atoms with Gasteiger partial charge in [-0.2, -0.15) is 13.2 Å². The molecule has 4 aromatic rings. The number of aromatic nitrogens is 2. The van der Waals surface area contributed by atoms with Crippen molar-refractivity contribution >= 4 is 34.6 Å². The zero-order valence-electron chi connectivity index (χ0n) is 19.6. The van der Waals surface area contributed by atoms with Crippen LogP contribution in [-0.2, 0) is 11.0 Å². The van der Waals surface area contributed by atoms with Gasteiger partial charge < -0.3 is 20.1 Å². The van der Waals surface area contributed by atoms with Gasteiger partial charge in [0, 0.05) is 42.1 Å². The molecule has 5 rings (SSSR count). The first-order chi connectivity index (χ1) is 17.7. The van der Waals surface area contributed by atoms with Crippen molar-refractivity contribution in [2.24, 2.45) is 0 Å². The minimum atomic E-state index is -4.46. The third-order valence-electron chi connectivity index (χ3n) is 6.10. The second-order valence-electron chi connectivity index (χ2n) is 8.58. The minimum absolute atomic E-state index is 0.182. The van der Waals surface area contributed by atoms with E-state index in [9.17, 15) is 18.0 Å². The number of nitrogens with one attached hydrogen (secondary N) is 2. The lowest BCUT2D eigenvalue weighted by atomic mass is 10.0. The molecular weight excluding hydrogens is 499 g/mol. The highest BCUT2D eigenvalue weighted by atomic mass is 32.1. The number of rotatable bonds is 5. The van der Waals surface area contributed by atoms with Crippen molar-refractivity contribution in [3.8, 4) is 5.69 Å². The molecule has 1 amide bonds. The number of hydrogen-bond donors (Lipinski definition) is 2. The Kier molecular flexibility index (Phi) is 6.43. The Bertz CT molecular complexity index is 1440. The second-order valence-corrected chi connectivity index (χ2v) is 8.96. The lowest BCUT2D eigenvalue weighted by Gasteiger charge is -2.29. The third kappa shape index (κ3) is 4.92. The van der Waals surface area contributed by atoms with E-state index in [0.717, 1.165) is 29.2 Å². The molecule has 2 aromatic heterocycles. The van der Waals surface area contributed by atoms with E-state index < -0.39 is 17.8 Å². The first kappa shape index (κ1) is 24.5. The topological polar surface area (TPSA) is 62.2 Å². The third-order valence-corrected chi connectivity index (χ3v) is 6.41. The van der Waals surface area contributed by atoms with Crippen molar-refractivity contribution in [1.82, 2.24) is 14.9 Å². The summed E-state index contributed by atoms with van der Waals surface area (Å²) in [6.45, 7) is 1.43. The quantitative estimate of drug-likeness (QED) is 0.314. The number of halogens is 3. The highest BCUT2D eigenvalue weighted by Crippen LogP contribution is 2.42. The Morgan fingerprint density at radius 1 is 1.00 bits per heavy atom. The normalized spacial score (nSPS) is 17.5. The Morgan fingerprint density at radius 3 is 2.46 bits per heavy atom. The van der Waals surface area contributed by atoms with E-state index in [4.69, 9.17) is 12.2 Å². The van der Waals surface area contributed by atoms with Gasteiger partial charge >= 0.3 is 6.18 Å². The van der Waals surface area contributed by atoms with E-state index in [1.807, 2.05) is 41.3 Å². The second kappa shape index (κ2) is 9.70. The maximum atomic E-state index is 13.5. The molecule has 1 aliphatic heterocycles. The summed E-state index contributed by atoms with van der Waals surface area (Å²) in [5.41, 5.74) is 2.52. The fourth-order valence-electron chi connectivity index (χ4n) is 4.54. The Labute approximate surface area is 216 Å². The molecule has 2 unspecified atom stereocenters. The van der Waals surface area contributed by atoms with Gasteiger partial charge in [0.1, 0.15) is 6.04 Å². The van der Waals surface area contributed by atoms with Crippen molar-refractivity contribution in [3.63, 3.8) is 0 Å². The summed E-state index contributed by atoms with van der Waals surface area (Å²) >= 11 is 5.74. The molecule has 6 nitrogen and oxygen atoms in total. The van der Waals surface area contributed by atoms with Crippen LogP contribution in [0.2, 0.25) is 0 Å². The van der Waals surface area contributed by atoms with E-state index in [1.165, 1.54) is 13.0 Å². The molecule has 0 aliphatic carbocycles. The number of amides is 1. The smallest absolute Gasteiger partial charge is 0.351 e. The molecule has 0 saturated carbocycles. The maximum absolute atomic E-state index is 13.5. The molecular formula is C27H22F3N5OS. The van der Waals surface area contributed by atoms with Gasteiger partial charge in [0.05, 0.1) is 17.3 Å². The van der Waals surface area contributed by atoms with Gasteiger partial charge in [-0.15, -0.1) is 0 Å². The van der Waals surface area contributed by atoms with E-state index in [-0.39, 0.29) is 11.9 Å². The van der Waals surface area contributed by atoms with Crippen LogP contribution in [0.1, 0.15) is 36.0 Å². The lowest BCUT2D eigenvalue weighted by molar-refractivity contribution is -0.137. The Hall–Kier alpha value is -4.18. The van der Waals surface area contributed by atoms with Crippen molar-refractivity contribution in [2.75, 3.05) is 10.2 Å². The predicted molar refractivity (Wildman–Crippen MR) is 139 cm³/mol. The van der Waals surface area contributed by atoms with Gasteiger partial charge in [0.25, 0.3) is 0 Å². The highest BCUT2D eigenvalue weighted by molar-refractivity contribution is 7.80. The van der Waals surface area contributed by atoms with Gasteiger partial charge in [-0.3, -0.25) is 9.78 Å². The number of thiocarbonyl (C=S) groups is 1. The summed E-state index contributed by atoms with van der Waals surface area (Å²) in [5.74, 6) is -0.182. The van der Waals surface area contributed by atoms with Crippen LogP contribution >= 0.6 is 12.2 Å². The molecule has 1 saturated heterocycles. The number of nitrogens with zero attached hydrogens (tertiary/aromatic N) is 3. The van der Waals surface area contributed by atoms with Crippen LogP contribution in [0.4, 0.5) is 24.5 Å². The zero-order chi connectivity index (χ0) is 26.2. The SMILES string of the molecule is CC(=O)Nc1ccc(N2C(=S)NC(c3ccccn3)C2c2cccn2-c2cccc(C(F)(F)F)c2)cc1.